The van der Waals surface area contributed by atoms with Gasteiger partial charge in [0.2, 0.25) is 0 Å². The summed E-state index contributed by atoms with van der Waals surface area (Å²) in [6, 6.07) is 0. The topological polar surface area (TPSA) is 29.9 Å². The monoisotopic (exact) mass is 257 g/mol. The van der Waals surface area contributed by atoms with Gasteiger partial charge in [-0.05, 0) is 39.2 Å². The van der Waals surface area contributed by atoms with E-state index in [1.165, 1.54) is 12.8 Å². The van der Waals surface area contributed by atoms with Crippen LogP contribution in [-0.4, -0.2) is 16.3 Å². The third kappa shape index (κ3) is 4.32. The maximum Gasteiger partial charge on any atom is 0.0860 e. The molecule has 0 saturated carbocycles. The molecule has 1 heterocycles. The first-order chi connectivity index (χ1) is 8.06. The second-order valence-electron chi connectivity index (χ2n) is 4.87. The SMILES string of the molecule is CCn1nc(C)c(Cl)c1CNCCCC(C)C. The van der Waals surface area contributed by atoms with Crippen molar-refractivity contribution in [2.24, 2.45) is 5.92 Å². The fourth-order valence-corrected chi connectivity index (χ4v) is 2.08. The predicted molar refractivity (Wildman–Crippen MR) is 73.4 cm³/mol. The number of nitrogens with one attached hydrogen (secondary N) is 1. The molecule has 1 aromatic rings. The lowest BCUT2D eigenvalue weighted by atomic mass is 10.1. The van der Waals surface area contributed by atoms with Gasteiger partial charge in [-0.3, -0.25) is 4.68 Å². The Balaban J connectivity index is 2.41. The standard InChI is InChI=1S/C13H24ClN3/c1-5-17-12(13(14)11(4)16-17)9-15-8-6-7-10(2)3/h10,15H,5-9H2,1-4H3. The van der Waals surface area contributed by atoms with E-state index in [2.05, 4.69) is 31.2 Å². The van der Waals surface area contributed by atoms with Gasteiger partial charge in [-0.15, -0.1) is 0 Å². The minimum absolute atomic E-state index is 0.781. The molecule has 3 nitrogen and oxygen atoms in total. The first-order valence-electron chi connectivity index (χ1n) is 6.48. The van der Waals surface area contributed by atoms with Gasteiger partial charge < -0.3 is 5.32 Å². The second kappa shape index (κ2) is 7.02. The molecule has 0 fully saturated rings. The summed E-state index contributed by atoms with van der Waals surface area (Å²) in [6.07, 6.45) is 2.49. The average Bonchev–Trinajstić information content (AvgIpc) is 2.55. The van der Waals surface area contributed by atoms with Gasteiger partial charge >= 0.3 is 0 Å². The summed E-state index contributed by atoms with van der Waals surface area (Å²) in [5.41, 5.74) is 2.03. The molecule has 98 valence electrons. The number of halogens is 1. The molecular formula is C13H24ClN3. The molecule has 0 aliphatic rings. The number of aromatic nitrogens is 2. The van der Waals surface area contributed by atoms with Crippen LogP contribution in [0.3, 0.4) is 0 Å². The van der Waals surface area contributed by atoms with E-state index in [9.17, 15) is 0 Å². The summed E-state index contributed by atoms with van der Waals surface area (Å²) in [7, 11) is 0. The fourth-order valence-electron chi connectivity index (χ4n) is 1.88. The van der Waals surface area contributed by atoms with Crippen LogP contribution in [0.4, 0.5) is 0 Å². The lowest BCUT2D eigenvalue weighted by Gasteiger charge is -2.08. The minimum atomic E-state index is 0.781. The number of aryl methyl sites for hydroxylation is 2. The first kappa shape index (κ1) is 14.5. The van der Waals surface area contributed by atoms with E-state index in [4.69, 9.17) is 11.6 Å². The van der Waals surface area contributed by atoms with Crippen molar-refractivity contribution in [2.45, 2.75) is 53.6 Å². The zero-order chi connectivity index (χ0) is 12.8. The molecule has 1 aromatic heterocycles. The van der Waals surface area contributed by atoms with Crippen LogP contribution in [0.1, 0.15) is 45.0 Å². The smallest absolute Gasteiger partial charge is 0.0860 e. The lowest BCUT2D eigenvalue weighted by molar-refractivity contribution is 0.516. The van der Waals surface area contributed by atoms with Crippen LogP contribution < -0.4 is 5.32 Å². The van der Waals surface area contributed by atoms with E-state index < -0.39 is 0 Å². The van der Waals surface area contributed by atoms with Gasteiger partial charge in [0.25, 0.3) is 0 Å². The third-order valence-corrected chi connectivity index (χ3v) is 3.37. The van der Waals surface area contributed by atoms with Crippen molar-refractivity contribution in [2.75, 3.05) is 6.54 Å². The Morgan fingerprint density at radius 1 is 1.41 bits per heavy atom. The van der Waals surface area contributed by atoms with E-state index >= 15 is 0 Å². The summed E-state index contributed by atoms with van der Waals surface area (Å²) in [5.74, 6) is 0.781. The molecule has 1 rings (SSSR count). The second-order valence-corrected chi connectivity index (χ2v) is 5.25. The van der Waals surface area contributed by atoms with Crippen molar-refractivity contribution >= 4 is 11.6 Å². The van der Waals surface area contributed by atoms with E-state index in [0.717, 1.165) is 42.0 Å². The van der Waals surface area contributed by atoms with E-state index in [1.807, 2.05) is 11.6 Å². The summed E-state index contributed by atoms with van der Waals surface area (Å²) in [6.45, 7) is 11.3. The minimum Gasteiger partial charge on any atom is -0.311 e. The molecule has 0 spiro atoms. The Bertz CT molecular complexity index is 345. The van der Waals surface area contributed by atoms with Crippen LogP contribution in [-0.2, 0) is 13.1 Å². The van der Waals surface area contributed by atoms with Gasteiger partial charge in [0.15, 0.2) is 0 Å². The molecule has 0 aliphatic heterocycles. The Hall–Kier alpha value is -0.540. The van der Waals surface area contributed by atoms with E-state index in [0.29, 0.717) is 0 Å². The van der Waals surface area contributed by atoms with Crippen molar-refractivity contribution in [1.82, 2.24) is 15.1 Å². The third-order valence-electron chi connectivity index (χ3n) is 2.88. The van der Waals surface area contributed by atoms with Gasteiger partial charge in [-0.25, -0.2) is 0 Å². The Kier molecular flexibility index (Phi) is 6.00. The van der Waals surface area contributed by atoms with Crippen molar-refractivity contribution in [1.29, 1.82) is 0 Å². The average molecular weight is 258 g/mol. The number of hydrogen-bond acceptors (Lipinski definition) is 2. The lowest BCUT2D eigenvalue weighted by Crippen LogP contribution is -2.18. The van der Waals surface area contributed by atoms with Crippen molar-refractivity contribution in [3.8, 4) is 0 Å². The van der Waals surface area contributed by atoms with Crippen molar-refractivity contribution < 1.29 is 0 Å². The maximum absolute atomic E-state index is 6.23. The molecule has 0 radical (unpaired) electrons. The molecule has 4 heteroatoms. The van der Waals surface area contributed by atoms with E-state index in [-0.39, 0.29) is 0 Å². The van der Waals surface area contributed by atoms with Gasteiger partial charge in [0.05, 0.1) is 16.4 Å². The van der Waals surface area contributed by atoms with Crippen LogP contribution in [0.5, 0.6) is 0 Å². The predicted octanol–water partition coefficient (Wildman–Crippen LogP) is 3.39. The van der Waals surface area contributed by atoms with Crippen molar-refractivity contribution in [3.05, 3.63) is 16.4 Å². The molecule has 0 aliphatic carbocycles. The Morgan fingerprint density at radius 3 is 2.71 bits per heavy atom. The molecule has 0 bridgehead atoms. The summed E-state index contributed by atoms with van der Waals surface area (Å²) in [5, 5.41) is 8.65. The number of hydrogen-bond donors (Lipinski definition) is 1. The van der Waals surface area contributed by atoms with Gasteiger partial charge in [-0.1, -0.05) is 25.4 Å². The molecule has 0 aromatic carbocycles. The number of rotatable bonds is 7. The fraction of sp³-hybridized carbons (Fsp3) is 0.769. The molecule has 0 saturated heterocycles. The summed E-state index contributed by atoms with van der Waals surface area (Å²) in [4.78, 5) is 0. The quantitative estimate of drug-likeness (QED) is 0.759. The van der Waals surface area contributed by atoms with Crippen LogP contribution in [0.15, 0.2) is 0 Å². The zero-order valence-corrected chi connectivity index (χ0v) is 12.1. The zero-order valence-electron chi connectivity index (χ0n) is 11.4. The first-order valence-corrected chi connectivity index (χ1v) is 6.86. The molecular weight excluding hydrogens is 234 g/mol. The van der Waals surface area contributed by atoms with Crippen LogP contribution >= 0.6 is 11.6 Å². The van der Waals surface area contributed by atoms with Crippen LogP contribution in [0.25, 0.3) is 0 Å². The van der Waals surface area contributed by atoms with Crippen molar-refractivity contribution in [3.63, 3.8) is 0 Å². The van der Waals surface area contributed by atoms with Gasteiger partial charge in [0, 0.05) is 13.1 Å². The molecule has 17 heavy (non-hydrogen) atoms. The highest BCUT2D eigenvalue weighted by molar-refractivity contribution is 6.31. The van der Waals surface area contributed by atoms with Gasteiger partial charge in [0.1, 0.15) is 0 Å². The van der Waals surface area contributed by atoms with E-state index in [1.54, 1.807) is 0 Å². The normalized spacial score (nSPS) is 11.4. The maximum atomic E-state index is 6.23. The molecule has 0 unspecified atom stereocenters. The summed E-state index contributed by atoms with van der Waals surface area (Å²) >= 11 is 6.23. The summed E-state index contributed by atoms with van der Waals surface area (Å²) < 4.78 is 1.98. The number of nitrogens with zero attached hydrogens (tertiary/aromatic N) is 2. The highest BCUT2D eigenvalue weighted by Crippen LogP contribution is 2.19. The molecule has 0 atom stereocenters. The van der Waals surface area contributed by atoms with Crippen LogP contribution in [0, 0.1) is 12.8 Å². The Labute approximate surface area is 110 Å². The largest absolute Gasteiger partial charge is 0.311 e. The van der Waals surface area contributed by atoms with Gasteiger partial charge in [-0.2, -0.15) is 5.10 Å². The molecule has 0 amide bonds. The van der Waals surface area contributed by atoms with Crippen LogP contribution in [0.2, 0.25) is 5.02 Å². The highest BCUT2D eigenvalue weighted by Gasteiger charge is 2.11. The highest BCUT2D eigenvalue weighted by atomic mass is 35.5. The molecule has 1 N–H and O–H groups in total. The Morgan fingerprint density at radius 2 is 2.12 bits per heavy atom.